The summed E-state index contributed by atoms with van der Waals surface area (Å²) in [5, 5.41) is 20.7. The Balaban J connectivity index is 1.85. The van der Waals surface area contributed by atoms with Crippen molar-refractivity contribution in [3.05, 3.63) is 22.8 Å². The average molecular weight is 411 g/mol. The molecule has 0 amide bonds. The quantitative estimate of drug-likeness (QED) is 0.682. The molecule has 2 fully saturated rings. The minimum atomic E-state index is -1.81. The van der Waals surface area contributed by atoms with Gasteiger partial charge in [-0.05, 0) is 43.3 Å². The molecular formula is C21H24ClFO5. The van der Waals surface area contributed by atoms with Crippen molar-refractivity contribution in [3.8, 4) is 0 Å². The maximum atomic E-state index is 16.7. The molecule has 0 saturated heterocycles. The van der Waals surface area contributed by atoms with Crippen LogP contribution < -0.4 is 0 Å². The van der Waals surface area contributed by atoms with Crippen LogP contribution in [0.5, 0.6) is 0 Å². The van der Waals surface area contributed by atoms with Crippen molar-refractivity contribution >= 4 is 29.0 Å². The van der Waals surface area contributed by atoms with Crippen LogP contribution >= 0.6 is 11.6 Å². The molecule has 0 aliphatic heterocycles. The number of alkyl halides is 1. The molecule has 28 heavy (non-hydrogen) atoms. The van der Waals surface area contributed by atoms with Crippen molar-refractivity contribution in [2.24, 2.45) is 22.7 Å². The molecule has 0 radical (unpaired) electrons. The van der Waals surface area contributed by atoms with Crippen LogP contribution in [0.3, 0.4) is 0 Å². The first-order valence-corrected chi connectivity index (χ1v) is 10.0. The number of hydrogen-bond acceptors (Lipinski definition) is 5. The number of aliphatic hydroxyl groups excluding tert-OH is 1. The summed E-state index contributed by atoms with van der Waals surface area (Å²) < 4.78 is 16.7. The predicted molar refractivity (Wildman–Crippen MR) is 99.2 cm³/mol. The van der Waals surface area contributed by atoms with Crippen molar-refractivity contribution in [2.75, 3.05) is 6.61 Å². The summed E-state index contributed by atoms with van der Waals surface area (Å²) in [6.07, 6.45) is 3.37. The molecule has 7 heteroatoms. The van der Waals surface area contributed by atoms with E-state index in [2.05, 4.69) is 0 Å². The van der Waals surface area contributed by atoms with Gasteiger partial charge < -0.3 is 10.2 Å². The van der Waals surface area contributed by atoms with Gasteiger partial charge in [-0.2, -0.15) is 0 Å². The Morgan fingerprint density at radius 2 is 1.96 bits per heavy atom. The summed E-state index contributed by atoms with van der Waals surface area (Å²) in [7, 11) is 0. The number of carbonyl (C=O) groups excluding carboxylic acids is 3. The molecule has 4 aliphatic carbocycles. The highest BCUT2D eigenvalue weighted by molar-refractivity contribution is 6.44. The van der Waals surface area contributed by atoms with E-state index < -0.39 is 52.0 Å². The first-order chi connectivity index (χ1) is 12.9. The molecule has 5 nitrogen and oxygen atoms in total. The van der Waals surface area contributed by atoms with Crippen LogP contribution in [0.25, 0.3) is 0 Å². The predicted octanol–water partition coefficient (Wildman–Crippen LogP) is 2.42. The zero-order chi connectivity index (χ0) is 20.7. The van der Waals surface area contributed by atoms with E-state index in [1.54, 1.807) is 19.9 Å². The minimum Gasteiger partial charge on any atom is -0.388 e. The van der Waals surface area contributed by atoms with Crippen molar-refractivity contribution in [2.45, 2.75) is 57.2 Å². The molecule has 0 aromatic carbocycles. The lowest BCUT2D eigenvalue weighted by molar-refractivity contribution is -0.174. The zero-order valence-electron chi connectivity index (χ0n) is 15.9. The first kappa shape index (κ1) is 19.9. The second-order valence-electron chi connectivity index (χ2n) is 9.26. The third-order valence-corrected chi connectivity index (χ3v) is 8.64. The minimum absolute atomic E-state index is 0.0294. The number of ketones is 3. The molecule has 2 N–H and O–H groups in total. The van der Waals surface area contributed by atoms with Gasteiger partial charge in [-0.3, -0.25) is 14.4 Å². The molecule has 0 spiro atoms. The number of aliphatic hydroxyl groups is 2. The molecule has 4 rings (SSSR count). The van der Waals surface area contributed by atoms with Gasteiger partial charge in [0.15, 0.2) is 5.78 Å². The lowest BCUT2D eigenvalue weighted by atomic mass is 9.46. The number of carbonyl (C=O) groups is 3. The molecule has 152 valence electrons. The molecule has 0 heterocycles. The number of fused-ring (bicyclic) bond motifs is 5. The van der Waals surface area contributed by atoms with Gasteiger partial charge in [-0.1, -0.05) is 31.5 Å². The van der Waals surface area contributed by atoms with E-state index in [9.17, 15) is 24.6 Å². The largest absolute Gasteiger partial charge is 0.388 e. The van der Waals surface area contributed by atoms with E-state index in [1.165, 1.54) is 0 Å². The van der Waals surface area contributed by atoms with E-state index in [4.69, 9.17) is 11.6 Å². The van der Waals surface area contributed by atoms with E-state index in [-0.39, 0.29) is 36.6 Å². The van der Waals surface area contributed by atoms with Crippen molar-refractivity contribution in [3.63, 3.8) is 0 Å². The monoisotopic (exact) mass is 410 g/mol. The van der Waals surface area contributed by atoms with Crippen LogP contribution in [0.15, 0.2) is 22.8 Å². The average Bonchev–Trinajstić information content (AvgIpc) is 2.92. The van der Waals surface area contributed by atoms with Gasteiger partial charge in [-0.25, -0.2) is 4.39 Å². The SMILES string of the molecule is C[C@]12CC(=O)C(=O)C=C1C(Cl)=C[C@H]1[C@@H]3CC[C@](O)(C(=O)CO)[C@@]3(C)CC[C@@]12F. The highest BCUT2D eigenvalue weighted by Crippen LogP contribution is 2.69. The highest BCUT2D eigenvalue weighted by Gasteiger charge is 2.71. The number of hydrogen-bond donors (Lipinski definition) is 2. The topological polar surface area (TPSA) is 91.7 Å². The van der Waals surface area contributed by atoms with E-state index in [1.807, 2.05) is 0 Å². The van der Waals surface area contributed by atoms with Crippen LogP contribution in [0.4, 0.5) is 4.39 Å². The van der Waals surface area contributed by atoms with E-state index in [0.29, 0.717) is 12.0 Å². The lowest BCUT2D eigenvalue weighted by Gasteiger charge is -2.60. The summed E-state index contributed by atoms with van der Waals surface area (Å²) in [6.45, 7) is 2.67. The Hall–Kier alpha value is -1.37. The molecule has 0 aromatic heterocycles. The standard InChI is InChI=1S/C21H24ClFO5/c1-18-5-6-20(23)12(11(18)3-4-21(18,28)17(27)10-24)7-14(22)13-8-15(25)16(26)9-19(13,20)2/h7-8,11-12,24,28H,3-6,9-10H2,1-2H3/t11-,12-,18-,19-,20+,21-/m0/s1. The summed E-state index contributed by atoms with van der Waals surface area (Å²) in [5.41, 5.74) is -5.28. The van der Waals surface area contributed by atoms with Crippen LogP contribution in [0.2, 0.25) is 0 Å². The summed E-state index contributed by atoms with van der Waals surface area (Å²) in [6, 6.07) is 0. The summed E-state index contributed by atoms with van der Waals surface area (Å²) in [5.74, 6) is -2.99. The maximum Gasteiger partial charge on any atom is 0.221 e. The van der Waals surface area contributed by atoms with Crippen LogP contribution in [0.1, 0.15) is 46.0 Å². The smallest absolute Gasteiger partial charge is 0.221 e. The first-order valence-electron chi connectivity index (χ1n) is 9.67. The number of rotatable bonds is 2. The molecule has 2 saturated carbocycles. The van der Waals surface area contributed by atoms with Crippen LogP contribution in [-0.4, -0.2) is 45.4 Å². The Morgan fingerprint density at radius 1 is 1.29 bits per heavy atom. The Morgan fingerprint density at radius 3 is 2.61 bits per heavy atom. The maximum absolute atomic E-state index is 16.7. The third kappa shape index (κ3) is 2.12. The molecular weight excluding hydrogens is 387 g/mol. The van der Waals surface area contributed by atoms with Gasteiger partial charge in [0.05, 0.1) is 0 Å². The highest BCUT2D eigenvalue weighted by atomic mass is 35.5. The number of halogens is 2. The normalized spacial score (nSPS) is 47.6. The summed E-state index contributed by atoms with van der Waals surface area (Å²) >= 11 is 6.46. The van der Waals surface area contributed by atoms with Gasteiger partial charge in [0.1, 0.15) is 17.9 Å². The third-order valence-electron chi connectivity index (χ3n) is 8.31. The number of Topliss-reactive ketones (excluding diaryl/α,β-unsaturated/α-hetero) is 2. The van der Waals surface area contributed by atoms with Crippen LogP contribution in [-0.2, 0) is 14.4 Å². The second kappa shape index (κ2) is 5.83. The zero-order valence-corrected chi connectivity index (χ0v) is 16.7. The fraction of sp³-hybridized carbons (Fsp3) is 0.667. The molecule has 0 aromatic rings. The van der Waals surface area contributed by atoms with Crippen molar-refractivity contribution < 1.29 is 29.0 Å². The molecule has 0 bridgehead atoms. The Labute approximate surface area is 167 Å². The van der Waals surface area contributed by atoms with E-state index >= 15 is 4.39 Å². The van der Waals surface area contributed by atoms with Gasteiger partial charge in [0.25, 0.3) is 0 Å². The fourth-order valence-corrected chi connectivity index (χ4v) is 6.88. The van der Waals surface area contributed by atoms with Gasteiger partial charge in [-0.15, -0.1) is 0 Å². The van der Waals surface area contributed by atoms with Crippen LogP contribution in [0, 0.1) is 22.7 Å². The second-order valence-corrected chi connectivity index (χ2v) is 9.67. The molecule has 4 aliphatic rings. The Bertz CT molecular complexity index is 865. The van der Waals surface area contributed by atoms with Gasteiger partial charge in [0.2, 0.25) is 11.6 Å². The molecule has 0 unspecified atom stereocenters. The number of allylic oxidation sites excluding steroid dienone is 4. The molecule has 6 atom stereocenters. The van der Waals surface area contributed by atoms with Crippen molar-refractivity contribution in [1.82, 2.24) is 0 Å². The van der Waals surface area contributed by atoms with Crippen molar-refractivity contribution in [1.29, 1.82) is 0 Å². The Kier molecular flexibility index (Phi) is 4.15. The lowest BCUT2D eigenvalue weighted by Crippen LogP contribution is -2.63. The van der Waals surface area contributed by atoms with Gasteiger partial charge in [0, 0.05) is 28.2 Å². The fourth-order valence-electron chi connectivity index (χ4n) is 6.48. The summed E-state index contributed by atoms with van der Waals surface area (Å²) in [4.78, 5) is 36.4. The van der Waals surface area contributed by atoms with Gasteiger partial charge >= 0.3 is 0 Å². The van der Waals surface area contributed by atoms with E-state index in [0.717, 1.165) is 6.08 Å².